The molecule has 0 radical (unpaired) electrons. The molecule has 3 heterocycles. The first-order valence-corrected chi connectivity index (χ1v) is 11.7. The van der Waals surface area contributed by atoms with Gasteiger partial charge in [-0.3, -0.25) is 14.6 Å². The van der Waals surface area contributed by atoms with E-state index in [2.05, 4.69) is 21.9 Å². The average Bonchev–Trinajstić information content (AvgIpc) is 3.25. The Morgan fingerprint density at radius 3 is 2.49 bits per heavy atom. The van der Waals surface area contributed by atoms with Gasteiger partial charge in [0.1, 0.15) is 0 Å². The van der Waals surface area contributed by atoms with Crippen LogP contribution in [-0.2, 0) is 0 Å². The Morgan fingerprint density at radius 2 is 1.69 bits per heavy atom. The highest BCUT2D eigenvalue weighted by atomic mass is 16.2. The van der Waals surface area contributed by atoms with Gasteiger partial charge < -0.3 is 20.5 Å². The molecule has 7 nitrogen and oxygen atoms in total. The Morgan fingerprint density at radius 1 is 0.914 bits per heavy atom. The van der Waals surface area contributed by atoms with Crippen LogP contribution < -0.4 is 5.73 Å². The molecule has 6 rings (SSSR count). The van der Waals surface area contributed by atoms with E-state index in [1.54, 1.807) is 6.20 Å². The summed E-state index contributed by atoms with van der Waals surface area (Å²) in [6, 6.07) is 19.5. The number of aromatic amines is 1. The van der Waals surface area contributed by atoms with Gasteiger partial charge in [-0.15, -0.1) is 0 Å². The number of nitrogens with two attached hydrogens (primary N) is 1. The van der Waals surface area contributed by atoms with Gasteiger partial charge in [0, 0.05) is 65.2 Å². The Labute approximate surface area is 202 Å². The molecule has 1 saturated heterocycles. The molecular formula is C28H25N5O2. The summed E-state index contributed by atoms with van der Waals surface area (Å²) < 4.78 is 0. The van der Waals surface area contributed by atoms with Crippen molar-refractivity contribution < 1.29 is 9.59 Å². The van der Waals surface area contributed by atoms with Gasteiger partial charge in [0.25, 0.3) is 11.8 Å². The van der Waals surface area contributed by atoms with E-state index in [9.17, 15) is 9.59 Å². The summed E-state index contributed by atoms with van der Waals surface area (Å²) in [7, 11) is 2.07. The molecule has 3 aromatic carbocycles. The first kappa shape index (κ1) is 21.3. The fourth-order valence-electron chi connectivity index (χ4n) is 5.09. The predicted octanol–water partition coefficient (Wildman–Crippen LogP) is 4.02. The summed E-state index contributed by atoms with van der Waals surface area (Å²) >= 11 is 0. The highest BCUT2D eigenvalue weighted by molar-refractivity contribution is 6.19. The van der Waals surface area contributed by atoms with Gasteiger partial charge >= 0.3 is 0 Å². The van der Waals surface area contributed by atoms with Crippen molar-refractivity contribution in [1.82, 2.24) is 19.8 Å². The van der Waals surface area contributed by atoms with Gasteiger partial charge in [-0.25, -0.2) is 0 Å². The molecule has 174 valence electrons. The van der Waals surface area contributed by atoms with Crippen molar-refractivity contribution >= 4 is 44.4 Å². The molecule has 0 aliphatic carbocycles. The zero-order chi connectivity index (χ0) is 24.1. The number of rotatable bonds is 3. The lowest BCUT2D eigenvalue weighted by Gasteiger charge is -2.32. The third-order valence-electron chi connectivity index (χ3n) is 6.99. The molecule has 0 bridgehead atoms. The minimum atomic E-state index is -0.527. The lowest BCUT2D eigenvalue weighted by molar-refractivity contribution is 0.0664. The Bertz CT molecular complexity index is 1620. The van der Waals surface area contributed by atoms with Gasteiger partial charge in [0.05, 0.1) is 16.8 Å². The number of pyridine rings is 1. The largest absolute Gasteiger partial charge is 0.366 e. The van der Waals surface area contributed by atoms with Crippen molar-refractivity contribution in [2.45, 2.75) is 0 Å². The maximum atomic E-state index is 13.1. The van der Waals surface area contributed by atoms with Crippen molar-refractivity contribution in [3.63, 3.8) is 0 Å². The van der Waals surface area contributed by atoms with Crippen LogP contribution >= 0.6 is 0 Å². The topological polar surface area (TPSA) is 95.3 Å². The number of nitrogens with one attached hydrogen (secondary N) is 1. The molecule has 1 fully saturated rings. The lowest BCUT2D eigenvalue weighted by atomic mass is 9.96. The van der Waals surface area contributed by atoms with Crippen molar-refractivity contribution in [2.75, 3.05) is 33.2 Å². The molecule has 7 heteroatoms. The maximum absolute atomic E-state index is 13.1. The van der Waals surface area contributed by atoms with Crippen LogP contribution in [0.1, 0.15) is 20.7 Å². The van der Waals surface area contributed by atoms with Crippen molar-refractivity contribution in [1.29, 1.82) is 0 Å². The molecule has 0 spiro atoms. The maximum Gasteiger partial charge on any atom is 0.254 e. The second-order valence-electron chi connectivity index (χ2n) is 9.14. The predicted molar refractivity (Wildman–Crippen MR) is 138 cm³/mol. The Balaban J connectivity index is 1.50. The van der Waals surface area contributed by atoms with E-state index in [4.69, 9.17) is 5.73 Å². The summed E-state index contributed by atoms with van der Waals surface area (Å²) in [5.41, 5.74) is 9.79. The highest BCUT2D eigenvalue weighted by Crippen LogP contribution is 2.36. The van der Waals surface area contributed by atoms with Gasteiger partial charge in [0.2, 0.25) is 0 Å². The third-order valence-corrected chi connectivity index (χ3v) is 6.99. The second kappa shape index (κ2) is 8.21. The van der Waals surface area contributed by atoms with Crippen molar-refractivity contribution in [3.8, 4) is 11.3 Å². The van der Waals surface area contributed by atoms with E-state index in [1.807, 2.05) is 65.6 Å². The van der Waals surface area contributed by atoms with E-state index >= 15 is 0 Å². The van der Waals surface area contributed by atoms with Gasteiger partial charge in [-0.2, -0.15) is 0 Å². The van der Waals surface area contributed by atoms with E-state index in [1.165, 1.54) is 0 Å². The molecule has 2 aromatic heterocycles. The first-order chi connectivity index (χ1) is 17.0. The number of aromatic nitrogens is 2. The zero-order valence-electron chi connectivity index (χ0n) is 19.4. The number of nitrogens with zero attached hydrogens (tertiary/aromatic N) is 3. The van der Waals surface area contributed by atoms with Gasteiger partial charge in [-0.05, 0) is 30.6 Å². The number of likely N-dealkylation sites (N-methyl/N-ethyl adjacent to an activating group) is 1. The standard InChI is InChI=1S/C28H25N5O2/c1-32-12-14-33(15-13-32)28(35)18-6-7-20-21-8-9-22(24(27(29)34)26(21)31-23(20)16-18)25-19-5-3-2-4-17(19)10-11-30-25/h2-11,16,31H,12-15H2,1H3,(H2,29,34). The number of carbonyl (C=O) groups is 2. The summed E-state index contributed by atoms with van der Waals surface area (Å²) in [6.45, 7) is 3.17. The number of benzene rings is 3. The van der Waals surface area contributed by atoms with Crippen LogP contribution in [-0.4, -0.2) is 64.8 Å². The normalized spacial score (nSPS) is 14.7. The number of fused-ring (bicyclic) bond motifs is 4. The second-order valence-corrected chi connectivity index (χ2v) is 9.14. The smallest absolute Gasteiger partial charge is 0.254 e. The van der Waals surface area contributed by atoms with Crippen LogP contribution in [0.3, 0.4) is 0 Å². The van der Waals surface area contributed by atoms with Gasteiger partial charge in [0.15, 0.2) is 0 Å². The van der Waals surface area contributed by atoms with Crippen LogP contribution in [0.5, 0.6) is 0 Å². The van der Waals surface area contributed by atoms with E-state index in [0.29, 0.717) is 41.0 Å². The first-order valence-electron chi connectivity index (χ1n) is 11.7. The van der Waals surface area contributed by atoms with Crippen molar-refractivity contribution in [2.24, 2.45) is 5.73 Å². The van der Waals surface area contributed by atoms with E-state index in [-0.39, 0.29) is 5.91 Å². The summed E-state index contributed by atoms with van der Waals surface area (Å²) in [5, 5.41) is 3.82. The molecule has 0 atom stereocenters. The highest BCUT2D eigenvalue weighted by Gasteiger charge is 2.23. The number of carbonyl (C=O) groups excluding carboxylic acids is 2. The minimum absolute atomic E-state index is 0.0226. The summed E-state index contributed by atoms with van der Waals surface area (Å²) in [5.74, 6) is -0.505. The zero-order valence-corrected chi connectivity index (χ0v) is 19.4. The average molecular weight is 464 g/mol. The van der Waals surface area contributed by atoms with Crippen LogP contribution in [0, 0.1) is 0 Å². The fourth-order valence-corrected chi connectivity index (χ4v) is 5.09. The van der Waals surface area contributed by atoms with Crippen LogP contribution in [0.4, 0.5) is 0 Å². The molecule has 35 heavy (non-hydrogen) atoms. The van der Waals surface area contributed by atoms with E-state index < -0.39 is 5.91 Å². The molecule has 0 saturated carbocycles. The number of amides is 2. The molecule has 1 aliphatic heterocycles. The number of hydrogen-bond acceptors (Lipinski definition) is 4. The number of hydrogen-bond donors (Lipinski definition) is 2. The van der Waals surface area contributed by atoms with Crippen LogP contribution in [0.2, 0.25) is 0 Å². The van der Waals surface area contributed by atoms with Gasteiger partial charge in [-0.1, -0.05) is 42.5 Å². The number of piperazine rings is 1. The number of H-pyrrole nitrogens is 1. The SMILES string of the molecule is CN1CCN(C(=O)c2ccc3c(c2)[nH]c2c(C(N)=O)c(-c4nccc5ccccc45)ccc23)CC1. The summed E-state index contributed by atoms with van der Waals surface area (Å²) in [4.78, 5) is 38.0. The summed E-state index contributed by atoms with van der Waals surface area (Å²) in [6.07, 6.45) is 1.74. The molecule has 0 unspecified atom stereocenters. The molecular weight excluding hydrogens is 438 g/mol. The molecule has 5 aromatic rings. The van der Waals surface area contributed by atoms with Crippen LogP contribution in [0.15, 0.2) is 66.9 Å². The molecule has 2 amide bonds. The monoisotopic (exact) mass is 463 g/mol. The minimum Gasteiger partial charge on any atom is -0.366 e. The lowest BCUT2D eigenvalue weighted by Crippen LogP contribution is -2.47. The quantitative estimate of drug-likeness (QED) is 0.422. The van der Waals surface area contributed by atoms with Crippen molar-refractivity contribution in [3.05, 3.63) is 78.0 Å². The van der Waals surface area contributed by atoms with E-state index in [0.717, 1.165) is 40.2 Å². The number of primary amides is 1. The molecule has 1 aliphatic rings. The molecule has 3 N–H and O–H groups in total. The van der Waals surface area contributed by atoms with Crippen LogP contribution in [0.25, 0.3) is 43.8 Å². The Kier molecular flexibility index (Phi) is 5.00. The fraction of sp³-hybridized carbons (Fsp3) is 0.179. The third kappa shape index (κ3) is 3.52. The Hall–Kier alpha value is -4.23.